The molecule has 1 aromatic heterocycles. The van der Waals surface area contributed by atoms with Crippen LogP contribution in [0.25, 0.3) is 0 Å². The van der Waals surface area contributed by atoms with Crippen molar-refractivity contribution in [3.8, 4) is 0 Å². The molecule has 2 N–H and O–H groups in total. The van der Waals surface area contributed by atoms with Crippen molar-refractivity contribution in [2.24, 2.45) is 5.73 Å². The van der Waals surface area contributed by atoms with E-state index < -0.39 is 0 Å². The van der Waals surface area contributed by atoms with Crippen LogP contribution in [0.5, 0.6) is 0 Å². The second kappa shape index (κ2) is 5.69. The highest BCUT2D eigenvalue weighted by atomic mass is 32.2. The second-order valence-electron chi connectivity index (χ2n) is 4.59. The minimum absolute atomic E-state index is 0.105. The molecular formula is C13H20N2S. The molecule has 1 aliphatic carbocycles. The first-order valence-corrected chi connectivity index (χ1v) is 7.02. The van der Waals surface area contributed by atoms with Gasteiger partial charge in [-0.15, -0.1) is 11.8 Å². The van der Waals surface area contributed by atoms with Crippen LogP contribution in [0.3, 0.4) is 0 Å². The Balaban J connectivity index is 2.00. The predicted molar refractivity (Wildman–Crippen MR) is 69.6 cm³/mol. The lowest BCUT2D eigenvalue weighted by Crippen LogP contribution is -2.09. The first kappa shape index (κ1) is 11.9. The zero-order chi connectivity index (χ0) is 11.4. The third-order valence-corrected chi connectivity index (χ3v) is 4.39. The van der Waals surface area contributed by atoms with Gasteiger partial charge in [-0.05, 0) is 37.5 Å². The van der Waals surface area contributed by atoms with E-state index in [1.54, 1.807) is 0 Å². The number of thioether (sulfide) groups is 1. The Morgan fingerprint density at radius 2 is 2.12 bits per heavy atom. The van der Waals surface area contributed by atoms with Crippen molar-refractivity contribution in [1.29, 1.82) is 0 Å². The van der Waals surface area contributed by atoms with Gasteiger partial charge in [-0.25, -0.2) is 4.98 Å². The smallest absolute Gasteiger partial charge is 0.0965 e. The summed E-state index contributed by atoms with van der Waals surface area (Å²) in [5, 5.41) is 1.91. The summed E-state index contributed by atoms with van der Waals surface area (Å²) in [7, 11) is 0. The molecule has 0 unspecified atom stereocenters. The second-order valence-corrected chi connectivity index (χ2v) is 5.91. The van der Waals surface area contributed by atoms with Crippen LogP contribution < -0.4 is 5.73 Å². The molecule has 2 rings (SSSR count). The molecule has 2 nitrogen and oxygen atoms in total. The highest BCUT2D eigenvalue weighted by Crippen LogP contribution is 2.33. The first-order valence-electron chi connectivity index (χ1n) is 6.14. The summed E-state index contributed by atoms with van der Waals surface area (Å²) < 4.78 is 0. The maximum Gasteiger partial charge on any atom is 0.0965 e. The van der Waals surface area contributed by atoms with Gasteiger partial charge in [-0.3, -0.25) is 0 Å². The predicted octanol–water partition coefficient (Wildman–Crippen LogP) is 3.53. The average Bonchev–Trinajstić information content (AvgIpc) is 2.30. The molecule has 1 heterocycles. The fourth-order valence-electron chi connectivity index (χ4n) is 2.13. The molecule has 1 fully saturated rings. The van der Waals surface area contributed by atoms with Crippen molar-refractivity contribution < 1.29 is 0 Å². The van der Waals surface area contributed by atoms with Crippen molar-refractivity contribution in [2.45, 2.75) is 55.3 Å². The van der Waals surface area contributed by atoms with E-state index in [1.807, 2.05) is 30.9 Å². The van der Waals surface area contributed by atoms with Crippen LogP contribution in [0.15, 0.2) is 23.4 Å². The van der Waals surface area contributed by atoms with Crippen LogP contribution in [0.2, 0.25) is 0 Å². The summed E-state index contributed by atoms with van der Waals surface area (Å²) in [6, 6.07) is 4.26. The van der Waals surface area contributed by atoms with Crippen LogP contribution in [0.1, 0.15) is 50.6 Å². The van der Waals surface area contributed by atoms with Gasteiger partial charge >= 0.3 is 0 Å². The number of aromatic nitrogens is 1. The van der Waals surface area contributed by atoms with E-state index >= 15 is 0 Å². The Hall–Kier alpha value is -0.540. The zero-order valence-corrected chi connectivity index (χ0v) is 10.7. The SMILES string of the molecule is C[C@@H](N)c1ccnc(SC2CCCCC2)c1. The third-order valence-electron chi connectivity index (χ3n) is 3.12. The van der Waals surface area contributed by atoms with Gasteiger partial charge in [0, 0.05) is 17.5 Å². The van der Waals surface area contributed by atoms with Crippen LogP contribution in [-0.2, 0) is 0 Å². The highest BCUT2D eigenvalue weighted by Gasteiger charge is 2.15. The Morgan fingerprint density at radius 3 is 2.81 bits per heavy atom. The van der Waals surface area contributed by atoms with Crippen LogP contribution >= 0.6 is 11.8 Å². The summed E-state index contributed by atoms with van der Waals surface area (Å²) >= 11 is 1.93. The van der Waals surface area contributed by atoms with Crippen molar-refractivity contribution >= 4 is 11.8 Å². The van der Waals surface area contributed by atoms with Gasteiger partial charge in [0.05, 0.1) is 5.03 Å². The Bertz CT molecular complexity index is 332. The summed E-state index contributed by atoms with van der Waals surface area (Å²) in [5.74, 6) is 0. The molecule has 88 valence electrons. The molecule has 1 aromatic rings. The lowest BCUT2D eigenvalue weighted by Gasteiger charge is -2.20. The molecule has 0 aliphatic heterocycles. The van der Waals surface area contributed by atoms with Gasteiger partial charge in [0.2, 0.25) is 0 Å². The normalized spacial score (nSPS) is 19.6. The van der Waals surface area contributed by atoms with Crippen LogP contribution in [0, 0.1) is 0 Å². The van der Waals surface area contributed by atoms with Crippen molar-refractivity contribution in [2.75, 3.05) is 0 Å². The van der Waals surface area contributed by atoms with Gasteiger partial charge in [-0.1, -0.05) is 19.3 Å². The summed E-state index contributed by atoms with van der Waals surface area (Å²) in [6.07, 6.45) is 8.73. The summed E-state index contributed by atoms with van der Waals surface area (Å²) in [5.41, 5.74) is 7.07. The van der Waals surface area contributed by atoms with E-state index in [4.69, 9.17) is 5.73 Å². The van der Waals surface area contributed by atoms with Gasteiger partial charge < -0.3 is 5.73 Å². The van der Waals surface area contributed by atoms with Crippen LogP contribution in [-0.4, -0.2) is 10.2 Å². The van der Waals surface area contributed by atoms with E-state index in [0.29, 0.717) is 0 Å². The monoisotopic (exact) mass is 236 g/mol. The van der Waals surface area contributed by atoms with E-state index in [1.165, 1.54) is 37.7 Å². The summed E-state index contributed by atoms with van der Waals surface area (Å²) in [4.78, 5) is 4.42. The van der Waals surface area contributed by atoms with E-state index in [-0.39, 0.29) is 6.04 Å². The number of hydrogen-bond donors (Lipinski definition) is 1. The number of pyridine rings is 1. The molecule has 0 aromatic carbocycles. The Labute approximate surface area is 102 Å². The number of nitrogens with two attached hydrogens (primary N) is 1. The molecule has 0 bridgehead atoms. The molecule has 0 radical (unpaired) electrons. The van der Waals surface area contributed by atoms with Crippen molar-refractivity contribution in [1.82, 2.24) is 4.98 Å². The standard InChI is InChI=1S/C13H20N2S/c1-10(14)11-7-8-15-13(9-11)16-12-5-3-2-4-6-12/h7-10,12H,2-6,14H2,1H3/t10-/m1/s1. The Kier molecular flexibility index (Phi) is 4.24. The molecular weight excluding hydrogens is 216 g/mol. The quantitative estimate of drug-likeness (QED) is 0.872. The minimum Gasteiger partial charge on any atom is -0.324 e. The van der Waals surface area contributed by atoms with Gasteiger partial charge in [0.1, 0.15) is 0 Å². The van der Waals surface area contributed by atoms with E-state index in [0.717, 1.165) is 10.3 Å². The van der Waals surface area contributed by atoms with Crippen molar-refractivity contribution in [3.63, 3.8) is 0 Å². The lowest BCUT2D eigenvalue weighted by molar-refractivity contribution is 0.515. The number of nitrogens with zero attached hydrogens (tertiary/aromatic N) is 1. The van der Waals surface area contributed by atoms with Gasteiger partial charge in [0.25, 0.3) is 0 Å². The largest absolute Gasteiger partial charge is 0.324 e. The maximum absolute atomic E-state index is 5.88. The van der Waals surface area contributed by atoms with E-state index in [2.05, 4.69) is 11.1 Å². The fraction of sp³-hybridized carbons (Fsp3) is 0.615. The van der Waals surface area contributed by atoms with Gasteiger partial charge in [0.15, 0.2) is 0 Å². The summed E-state index contributed by atoms with van der Waals surface area (Å²) in [6.45, 7) is 2.02. The van der Waals surface area contributed by atoms with Crippen LogP contribution in [0.4, 0.5) is 0 Å². The molecule has 0 spiro atoms. The first-order chi connectivity index (χ1) is 7.75. The molecule has 1 saturated carbocycles. The maximum atomic E-state index is 5.88. The minimum atomic E-state index is 0.105. The molecule has 0 amide bonds. The van der Waals surface area contributed by atoms with Crippen molar-refractivity contribution in [3.05, 3.63) is 23.9 Å². The third kappa shape index (κ3) is 3.22. The molecule has 1 aliphatic rings. The average molecular weight is 236 g/mol. The molecule has 3 heteroatoms. The number of hydrogen-bond acceptors (Lipinski definition) is 3. The Morgan fingerprint density at radius 1 is 1.38 bits per heavy atom. The van der Waals surface area contributed by atoms with Gasteiger partial charge in [-0.2, -0.15) is 0 Å². The number of rotatable bonds is 3. The van der Waals surface area contributed by atoms with E-state index in [9.17, 15) is 0 Å². The molecule has 0 saturated heterocycles. The molecule has 16 heavy (non-hydrogen) atoms. The fourth-order valence-corrected chi connectivity index (χ4v) is 3.36. The lowest BCUT2D eigenvalue weighted by atomic mass is 10.0. The zero-order valence-electron chi connectivity index (χ0n) is 9.86. The topological polar surface area (TPSA) is 38.9 Å². The highest BCUT2D eigenvalue weighted by molar-refractivity contribution is 7.99. The molecule has 1 atom stereocenters.